The van der Waals surface area contributed by atoms with Crippen LogP contribution in [0.15, 0.2) is 24.3 Å². The van der Waals surface area contributed by atoms with Crippen molar-refractivity contribution in [2.45, 2.75) is 26.4 Å². The van der Waals surface area contributed by atoms with E-state index in [1.807, 2.05) is 7.05 Å². The van der Waals surface area contributed by atoms with Gasteiger partial charge in [0.05, 0.1) is 0 Å². The SMILES string of the molecule is CNc1cccc(CNC(C)C)c1. The lowest BCUT2D eigenvalue weighted by Crippen LogP contribution is -2.21. The van der Waals surface area contributed by atoms with Crippen LogP contribution in [0.3, 0.4) is 0 Å². The first-order valence-electron chi connectivity index (χ1n) is 4.72. The molecule has 0 atom stereocenters. The average molecular weight is 178 g/mol. The quantitative estimate of drug-likeness (QED) is 0.738. The Balaban J connectivity index is 2.56. The molecule has 0 saturated heterocycles. The fourth-order valence-corrected chi connectivity index (χ4v) is 1.16. The topological polar surface area (TPSA) is 24.1 Å². The molecule has 1 rings (SSSR count). The molecule has 0 radical (unpaired) electrons. The van der Waals surface area contributed by atoms with E-state index in [-0.39, 0.29) is 0 Å². The lowest BCUT2D eigenvalue weighted by Gasteiger charge is -2.09. The standard InChI is InChI=1S/C11H18N2/c1-9(2)13-8-10-5-4-6-11(7-10)12-3/h4-7,9,12-13H,8H2,1-3H3. The molecule has 0 aliphatic heterocycles. The van der Waals surface area contributed by atoms with Crippen molar-refractivity contribution in [3.05, 3.63) is 29.8 Å². The van der Waals surface area contributed by atoms with Crippen LogP contribution in [0.2, 0.25) is 0 Å². The zero-order valence-corrected chi connectivity index (χ0v) is 8.59. The van der Waals surface area contributed by atoms with Crippen LogP contribution in [0.1, 0.15) is 19.4 Å². The number of benzene rings is 1. The number of hydrogen-bond acceptors (Lipinski definition) is 2. The van der Waals surface area contributed by atoms with Gasteiger partial charge < -0.3 is 10.6 Å². The van der Waals surface area contributed by atoms with E-state index in [0.717, 1.165) is 6.54 Å². The van der Waals surface area contributed by atoms with Gasteiger partial charge in [0, 0.05) is 25.3 Å². The zero-order valence-electron chi connectivity index (χ0n) is 8.59. The minimum atomic E-state index is 0.540. The molecule has 0 saturated carbocycles. The van der Waals surface area contributed by atoms with E-state index in [4.69, 9.17) is 0 Å². The van der Waals surface area contributed by atoms with Crippen LogP contribution in [0.25, 0.3) is 0 Å². The molecule has 0 fully saturated rings. The van der Waals surface area contributed by atoms with Gasteiger partial charge in [-0.25, -0.2) is 0 Å². The first-order chi connectivity index (χ1) is 6.22. The van der Waals surface area contributed by atoms with E-state index in [2.05, 4.69) is 48.7 Å². The summed E-state index contributed by atoms with van der Waals surface area (Å²) in [6, 6.07) is 8.98. The van der Waals surface area contributed by atoms with Gasteiger partial charge in [-0.05, 0) is 17.7 Å². The first kappa shape index (κ1) is 10.1. The number of rotatable bonds is 4. The lowest BCUT2D eigenvalue weighted by atomic mass is 10.2. The zero-order chi connectivity index (χ0) is 9.68. The van der Waals surface area contributed by atoms with Gasteiger partial charge in [0.25, 0.3) is 0 Å². The molecule has 1 aromatic rings. The van der Waals surface area contributed by atoms with Gasteiger partial charge >= 0.3 is 0 Å². The minimum absolute atomic E-state index is 0.540. The van der Waals surface area contributed by atoms with Crippen LogP contribution in [-0.2, 0) is 6.54 Å². The van der Waals surface area contributed by atoms with Crippen LogP contribution in [0.4, 0.5) is 5.69 Å². The Morgan fingerprint density at radius 3 is 2.69 bits per heavy atom. The molecule has 13 heavy (non-hydrogen) atoms. The normalized spacial score (nSPS) is 10.5. The van der Waals surface area contributed by atoms with E-state index in [1.165, 1.54) is 11.3 Å². The van der Waals surface area contributed by atoms with Crippen molar-refractivity contribution in [3.63, 3.8) is 0 Å². The Bertz CT molecular complexity index is 256. The summed E-state index contributed by atoms with van der Waals surface area (Å²) in [7, 11) is 1.94. The average Bonchev–Trinajstić information content (AvgIpc) is 2.15. The molecule has 0 heterocycles. The van der Waals surface area contributed by atoms with Crippen LogP contribution < -0.4 is 10.6 Å². The molecule has 2 heteroatoms. The molecule has 0 aliphatic rings. The third-order valence-electron chi connectivity index (χ3n) is 1.93. The Morgan fingerprint density at radius 2 is 2.08 bits per heavy atom. The minimum Gasteiger partial charge on any atom is -0.388 e. The van der Waals surface area contributed by atoms with E-state index < -0.39 is 0 Å². The van der Waals surface area contributed by atoms with Crippen LogP contribution in [-0.4, -0.2) is 13.1 Å². The third-order valence-corrected chi connectivity index (χ3v) is 1.93. The molecule has 0 spiro atoms. The van der Waals surface area contributed by atoms with E-state index in [1.54, 1.807) is 0 Å². The van der Waals surface area contributed by atoms with Crippen molar-refractivity contribution in [2.24, 2.45) is 0 Å². The molecule has 0 aromatic heterocycles. The molecule has 72 valence electrons. The predicted molar refractivity (Wildman–Crippen MR) is 58.0 cm³/mol. The molecule has 0 amide bonds. The highest BCUT2D eigenvalue weighted by Gasteiger charge is 1.95. The monoisotopic (exact) mass is 178 g/mol. The summed E-state index contributed by atoms with van der Waals surface area (Å²) in [5.41, 5.74) is 2.49. The summed E-state index contributed by atoms with van der Waals surface area (Å²) in [4.78, 5) is 0. The second-order valence-electron chi connectivity index (χ2n) is 3.49. The Labute approximate surface area is 80.4 Å². The molecular weight excluding hydrogens is 160 g/mol. The summed E-state index contributed by atoms with van der Waals surface area (Å²) in [5, 5.41) is 6.51. The Morgan fingerprint density at radius 1 is 1.31 bits per heavy atom. The van der Waals surface area contributed by atoms with Crippen LogP contribution in [0, 0.1) is 0 Å². The van der Waals surface area contributed by atoms with Crippen LogP contribution >= 0.6 is 0 Å². The molecule has 2 N–H and O–H groups in total. The highest BCUT2D eigenvalue weighted by Crippen LogP contribution is 2.09. The van der Waals surface area contributed by atoms with E-state index in [9.17, 15) is 0 Å². The number of anilines is 1. The molecule has 0 unspecified atom stereocenters. The fourth-order valence-electron chi connectivity index (χ4n) is 1.16. The third kappa shape index (κ3) is 3.47. The number of hydrogen-bond donors (Lipinski definition) is 2. The van der Waals surface area contributed by atoms with Crippen molar-refractivity contribution in [2.75, 3.05) is 12.4 Å². The van der Waals surface area contributed by atoms with E-state index in [0.29, 0.717) is 6.04 Å². The summed E-state index contributed by atoms with van der Waals surface area (Å²) in [6.07, 6.45) is 0. The van der Waals surface area contributed by atoms with Gasteiger partial charge in [0.1, 0.15) is 0 Å². The molecule has 0 bridgehead atoms. The summed E-state index contributed by atoms with van der Waals surface area (Å²) < 4.78 is 0. The smallest absolute Gasteiger partial charge is 0.0340 e. The summed E-state index contributed by atoms with van der Waals surface area (Å²) in [6.45, 7) is 5.25. The van der Waals surface area contributed by atoms with E-state index >= 15 is 0 Å². The maximum atomic E-state index is 3.39. The molecule has 1 aromatic carbocycles. The molecule has 2 nitrogen and oxygen atoms in total. The van der Waals surface area contributed by atoms with Gasteiger partial charge in [-0.1, -0.05) is 26.0 Å². The van der Waals surface area contributed by atoms with Crippen molar-refractivity contribution in [1.29, 1.82) is 0 Å². The van der Waals surface area contributed by atoms with Gasteiger partial charge in [-0.3, -0.25) is 0 Å². The van der Waals surface area contributed by atoms with Gasteiger partial charge in [0.15, 0.2) is 0 Å². The van der Waals surface area contributed by atoms with Gasteiger partial charge in [-0.2, -0.15) is 0 Å². The fraction of sp³-hybridized carbons (Fsp3) is 0.455. The number of nitrogens with one attached hydrogen (secondary N) is 2. The van der Waals surface area contributed by atoms with Crippen molar-refractivity contribution in [3.8, 4) is 0 Å². The first-order valence-corrected chi connectivity index (χ1v) is 4.72. The summed E-state index contributed by atoms with van der Waals surface area (Å²) >= 11 is 0. The van der Waals surface area contributed by atoms with Crippen molar-refractivity contribution in [1.82, 2.24) is 5.32 Å². The van der Waals surface area contributed by atoms with Gasteiger partial charge in [0.2, 0.25) is 0 Å². The maximum absolute atomic E-state index is 3.39. The van der Waals surface area contributed by atoms with Crippen molar-refractivity contribution < 1.29 is 0 Å². The predicted octanol–water partition coefficient (Wildman–Crippen LogP) is 2.23. The highest BCUT2D eigenvalue weighted by atomic mass is 14.9. The second kappa shape index (κ2) is 4.87. The highest BCUT2D eigenvalue weighted by molar-refractivity contribution is 5.44. The molecular formula is C11H18N2. The maximum Gasteiger partial charge on any atom is 0.0340 e. The summed E-state index contributed by atoms with van der Waals surface area (Å²) in [5.74, 6) is 0. The lowest BCUT2D eigenvalue weighted by molar-refractivity contribution is 0.589. The Kier molecular flexibility index (Phi) is 3.77. The molecule has 0 aliphatic carbocycles. The van der Waals surface area contributed by atoms with Gasteiger partial charge in [-0.15, -0.1) is 0 Å². The van der Waals surface area contributed by atoms with Crippen molar-refractivity contribution >= 4 is 5.69 Å². The second-order valence-corrected chi connectivity index (χ2v) is 3.49. The largest absolute Gasteiger partial charge is 0.388 e. The van der Waals surface area contributed by atoms with Crippen LogP contribution in [0.5, 0.6) is 0 Å². The Hall–Kier alpha value is -1.02.